The Morgan fingerprint density at radius 3 is 2.53 bits per heavy atom. The van der Waals surface area contributed by atoms with Crippen LogP contribution in [0, 0.1) is 0 Å². The molecular formula is C23H26N2O5. The molecule has 0 radical (unpaired) electrons. The third kappa shape index (κ3) is 4.79. The number of carbonyl (C=O) groups excluding carboxylic acids is 3. The molecule has 0 spiro atoms. The molecule has 2 atom stereocenters. The molecule has 0 fully saturated rings. The summed E-state index contributed by atoms with van der Waals surface area (Å²) in [6.07, 6.45) is -0.186. The number of hydrogen-bond acceptors (Lipinski definition) is 5. The van der Waals surface area contributed by atoms with Gasteiger partial charge in [-0.2, -0.15) is 0 Å². The van der Waals surface area contributed by atoms with Crippen molar-refractivity contribution < 1.29 is 23.9 Å². The predicted molar refractivity (Wildman–Crippen MR) is 113 cm³/mol. The minimum absolute atomic E-state index is 0.00425. The van der Waals surface area contributed by atoms with E-state index in [9.17, 15) is 14.4 Å². The van der Waals surface area contributed by atoms with Crippen molar-refractivity contribution in [1.29, 1.82) is 0 Å². The van der Waals surface area contributed by atoms with Crippen LogP contribution in [-0.4, -0.2) is 43.1 Å². The molecule has 1 aliphatic rings. The number of amides is 2. The Kier molecular flexibility index (Phi) is 6.72. The van der Waals surface area contributed by atoms with Gasteiger partial charge >= 0.3 is 5.97 Å². The molecule has 0 saturated carbocycles. The van der Waals surface area contributed by atoms with Gasteiger partial charge in [0, 0.05) is 17.3 Å². The number of anilines is 1. The number of fused-ring (bicyclic) bond motifs is 1. The maximum atomic E-state index is 12.8. The molecule has 2 aromatic carbocycles. The van der Waals surface area contributed by atoms with Gasteiger partial charge in [-0.1, -0.05) is 18.2 Å². The van der Waals surface area contributed by atoms with Crippen molar-refractivity contribution in [3.63, 3.8) is 0 Å². The summed E-state index contributed by atoms with van der Waals surface area (Å²) >= 11 is 0. The minimum atomic E-state index is -0.950. The Morgan fingerprint density at radius 1 is 1.13 bits per heavy atom. The highest BCUT2D eigenvalue weighted by atomic mass is 16.5. The maximum Gasteiger partial charge on any atom is 0.326 e. The van der Waals surface area contributed by atoms with Crippen molar-refractivity contribution in [3.05, 3.63) is 59.7 Å². The van der Waals surface area contributed by atoms with E-state index in [0.717, 1.165) is 17.7 Å². The van der Waals surface area contributed by atoms with E-state index >= 15 is 0 Å². The Hall–Kier alpha value is -3.35. The van der Waals surface area contributed by atoms with Crippen molar-refractivity contribution in [2.45, 2.75) is 39.3 Å². The normalized spacial score (nSPS) is 15.8. The fourth-order valence-corrected chi connectivity index (χ4v) is 3.51. The van der Waals surface area contributed by atoms with Gasteiger partial charge in [-0.25, -0.2) is 0 Å². The molecule has 0 unspecified atom stereocenters. The third-order valence-electron chi connectivity index (χ3n) is 4.92. The number of benzene rings is 2. The van der Waals surface area contributed by atoms with E-state index < -0.39 is 18.0 Å². The van der Waals surface area contributed by atoms with E-state index in [-0.39, 0.29) is 18.5 Å². The van der Waals surface area contributed by atoms with E-state index in [2.05, 4.69) is 5.32 Å². The zero-order chi connectivity index (χ0) is 21.7. The first-order valence-corrected chi connectivity index (χ1v) is 10.0. The Balaban J connectivity index is 1.52. The molecule has 1 aliphatic heterocycles. The number of carbonyl (C=O) groups is 3. The number of esters is 1. The van der Waals surface area contributed by atoms with E-state index in [4.69, 9.17) is 9.47 Å². The summed E-state index contributed by atoms with van der Waals surface area (Å²) in [5.74, 6) is -0.691. The molecule has 2 amide bonds. The molecule has 7 heteroatoms. The van der Waals surface area contributed by atoms with Crippen LogP contribution in [0.2, 0.25) is 0 Å². The molecular weight excluding hydrogens is 384 g/mol. The summed E-state index contributed by atoms with van der Waals surface area (Å²) in [6, 6.07) is 14.3. The summed E-state index contributed by atoms with van der Waals surface area (Å²) in [5, 5.41) is 2.51. The minimum Gasteiger partial charge on any atom is -0.494 e. The first-order chi connectivity index (χ1) is 14.4. The van der Waals surface area contributed by atoms with Crippen LogP contribution in [-0.2, 0) is 20.7 Å². The van der Waals surface area contributed by atoms with Gasteiger partial charge in [0.15, 0.2) is 6.10 Å². The number of rotatable bonds is 7. The zero-order valence-electron chi connectivity index (χ0n) is 17.4. The lowest BCUT2D eigenvalue weighted by Gasteiger charge is -2.26. The van der Waals surface area contributed by atoms with Crippen LogP contribution in [0.5, 0.6) is 5.75 Å². The second-order valence-corrected chi connectivity index (χ2v) is 7.16. The van der Waals surface area contributed by atoms with E-state index in [0.29, 0.717) is 17.9 Å². The second kappa shape index (κ2) is 9.43. The molecule has 2 aromatic rings. The van der Waals surface area contributed by atoms with Gasteiger partial charge < -0.3 is 19.7 Å². The van der Waals surface area contributed by atoms with Gasteiger partial charge in [0.25, 0.3) is 11.8 Å². The van der Waals surface area contributed by atoms with E-state index in [1.54, 1.807) is 36.1 Å². The van der Waals surface area contributed by atoms with Crippen molar-refractivity contribution >= 4 is 23.5 Å². The monoisotopic (exact) mass is 410 g/mol. The van der Waals surface area contributed by atoms with Crippen molar-refractivity contribution in [2.75, 3.05) is 18.1 Å². The summed E-state index contributed by atoms with van der Waals surface area (Å²) in [7, 11) is 0. The van der Waals surface area contributed by atoms with Crippen LogP contribution in [0.25, 0.3) is 0 Å². The molecule has 30 heavy (non-hydrogen) atoms. The van der Waals surface area contributed by atoms with E-state index in [1.165, 1.54) is 0 Å². The van der Waals surface area contributed by atoms with Crippen LogP contribution in [0.4, 0.5) is 5.69 Å². The highest BCUT2D eigenvalue weighted by Gasteiger charge is 2.34. The average molecular weight is 410 g/mol. The fourth-order valence-electron chi connectivity index (χ4n) is 3.51. The third-order valence-corrected chi connectivity index (χ3v) is 4.92. The average Bonchev–Trinajstić information content (AvgIpc) is 3.07. The molecule has 1 heterocycles. The van der Waals surface area contributed by atoms with Gasteiger partial charge in [0.2, 0.25) is 0 Å². The number of nitrogens with one attached hydrogen (secondary N) is 1. The molecule has 0 aromatic heterocycles. The zero-order valence-corrected chi connectivity index (χ0v) is 17.4. The van der Waals surface area contributed by atoms with Crippen LogP contribution in [0.1, 0.15) is 36.7 Å². The SMILES string of the molecule is CCOc1ccc(C(=O)NCC(=O)O[C@H](C)C(=O)N2c3ccccc3C[C@@H]2C)cc1. The summed E-state index contributed by atoms with van der Waals surface area (Å²) in [6.45, 7) is 5.60. The lowest BCUT2D eigenvalue weighted by atomic mass is 10.1. The van der Waals surface area contributed by atoms with Gasteiger partial charge in [0.1, 0.15) is 12.3 Å². The molecule has 158 valence electrons. The molecule has 0 saturated heterocycles. The summed E-state index contributed by atoms with van der Waals surface area (Å²) in [5.41, 5.74) is 2.35. The summed E-state index contributed by atoms with van der Waals surface area (Å²) in [4.78, 5) is 38.9. The first-order valence-electron chi connectivity index (χ1n) is 10.0. The number of ether oxygens (including phenoxy) is 2. The topological polar surface area (TPSA) is 84.9 Å². The van der Waals surface area contributed by atoms with Crippen LogP contribution < -0.4 is 15.0 Å². The second-order valence-electron chi connectivity index (χ2n) is 7.16. The number of hydrogen-bond donors (Lipinski definition) is 1. The van der Waals surface area contributed by atoms with Gasteiger partial charge in [-0.05, 0) is 63.1 Å². The van der Waals surface area contributed by atoms with Crippen LogP contribution >= 0.6 is 0 Å². The van der Waals surface area contributed by atoms with Gasteiger partial charge in [-0.3, -0.25) is 14.4 Å². The van der Waals surface area contributed by atoms with Crippen molar-refractivity contribution in [3.8, 4) is 5.75 Å². The highest BCUT2D eigenvalue weighted by molar-refractivity contribution is 6.00. The molecule has 3 rings (SSSR count). The largest absolute Gasteiger partial charge is 0.494 e. The van der Waals surface area contributed by atoms with Crippen LogP contribution in [0.15, 0.2) is 48.5 Å². The Labute approximate surface area is 176 Å². The highest BCUT2D eigenvalue weighted by Crippen LogP contribution is 2.32. The maximum absolute atomic E-state index is 12.8. The van der Waals surface area contributed by atoms with Gasteiger partial charge in [-0.15, -0.1) is 0 Å². The van der Waals surface area contributed by atoms with Crippen molar-refractivity contribution in [1.82, 2.24) is 5.32 Å². The first kappa shape index (κ1) is 21.4. The quantitative estimate of drug-likeness (QED) is 0.710. The van der Waals surface area contributed by atoms with Crippen molar-refractivity contribution in [2.24, 2.45) is 0 Å². The summed E-state index contributed by atoms with van der Waals surface area (Å²) < 4.78 is 10.6. The Morgan fingerprint density at radius 2 is 1.83 bits per heavy atom. The van der Waals surface area contributed by atoms with E-state index in [1.807, 2.05) is 38.1 Å². The molecule has 0 bridgehead atoms. The lowest BCUT2D eigenvalue weighted by molar-refractivity contribution is -0.152. The number of nitrogens with zero attached hydrogens (tertiary/aromatic N) is 1. The lowest BCUT2D eigenvalue weighted by Crippen LogP contribution is -2.44. The smallest absolute Gasteiger partial charge is 0.326 e. The Bertz CT molecular complexity index is 925. The van der Waals surface area contributed by atoms with Crippen LogP contribution in [0.3, 0.4) is 0 Å². The molecule has 0 aliphatic carbocycles. The van der Waals surface area contributed by atoms with Gasteiger partial charge in [0.05, 0.1) is 6.61 Å². The molecule has 7 nitrogen and oxygen atoms in total. The standard InChI is InChI=1S/C23H26N2O5/c1-4-29-19-11-9-17(10-12-19)22(27)24-14-21(26)30-16(3)23(28)25-15(2)13-18-7-5-6-8-20(18)25/h5-12,15-16H,4,13-14H2,1-3H3,(H,24,27)/t15-,16+/m0/s1. The molecule has 1 N–H and O–H groups in total. The fraction of sp³-hybridized carbons (Fsp3) is 0.348. The predicted octanol–water partition coefficient (Wildman–Crippen LogP) is 2.72. The number of para-hydroxylation sites is 1.